The molecule has 3 aromatic rings. The fourth-order valence-corrected chi connectivity index (χ4v) is 4.12. The summed E-state index contributed by atoms with van der Waals surface area (Å²) in [6.07, 6.45) is -0.104. The van der Waals surface area contributed by atoms with E-state index >= 15 is 0 Å². The molecule has 4 rings (SSSR count). The predicted molar refractivity (Wildman–Crippen MR) is 116 cm³/mol. The molecular formula is C24H29FN4O. The summed E-state index contributed by atoms with van der Waals surface area (Å²) < 4.78 is 21.8. The molecule has 0 unspecified atom stereocenters. The van der Waals surface area contributed by atoms with Crippen LogP contribution in [0.4, 0.5) is 4.39 Å². The van der Waals surface area contributed by atoms with Crippen LogP contribution in [0.2, 0.25) is 0 Å². The van der Waals surface area contributed by atoms with Crippen molar-refractivity contribution in [3.8, 4) is 11.3 Å². The highest BCUT2D eigenvalue weighted by Gasteiger charge is 2.25. The van der Waals surface area contributed by atoms with Gasteiger partial charge in [-0.15, -0.1) is 0 Å². The summed E-state index contributed by atoms with van der Waals surface area (Å²) in [5.41, 5.74) is 6.04. The molecule has 0 aliphatic carbocycles. The standard InChI is InChI=1S/C24H29FN4O/c1-16(2)29-18(4)21(17(3)27-29)14-28-11-12-30-24(15-28)23-10-6-9-22(26-23)19-7-5-8-20(25)13-19/h5-10,13,16,24H,11-12,14-15H2,1-4H3/t24-/m0/s1. The lowest BCUT2D eigenvalue weighted by Gasteiger charge is -2.32. The third kappa shape index (κ3) is 4.30. The SMILES string of the molecule is Cc1nn(C(C)C)c(C)c1CN1CCO[C@H](c2cccc(-c3cccc(F)c3)n2)C1. The van der Waals surface area contributed by atoms with Gasteiger partial charge in [-0.1, -0.05) is 18.2 Å². The third-order valence-electron chi connectivity index (χ3n) is 5.72. The average Bonchev–Trinajstić information content (AvgIpc) is 3.03. The van der Waals surface area contributed by atoms with Gasteiger partial charge in [0.25, 0.3) is 0 Å². The molecule has 1 aliphatic heterocycles. The molecule has 6 heteroatoms. The van der Waals surface area contributed by atoms with Crippen molar-refractivity contribution >= 4 is 0 Å². The smallest absolute Gasteiger partial charge is 0.123 e. The molecule has 1 aliphatic rings. The van der Waals surface area contributed by atoms with Crippen LogP contribution in [0.5, 0.6) is 0 Å². The summed E-state index contributed by atoms with van der Waals surface area (Å²) in [6.45, 7) is 11.7. The number of hydrogen-bond donors (Lipinski definition) is 0. The van der Waals surface area contributed by atoms with Crippen molar-refractivity contribution in [2.45, 2.75) is 46.4 Å². The van der Waals surface area contributed by atoms with Crippen LogP contribution >= 0.6 is 0 Å². The normalized spacial score (nSPS) is 17.6. The van der Waals surface area contributed by atoms with E-state index in [0.29, 0.717) is 12.6 Å². The van der Waals surface area contributed by atoms with E-state index in [1.54, 1.807) is 6.07 Å². The molecule has 30 heavy (non-hydrogen) atoms. The van der Waals surface area contributed by atoms with E-state index in [1.807, 2.05) is 24.3 Å². The van der Waals surface area contributed by atoms with Crippen LogP contribution in [0.25, 0.3) is 11.3 Å². The maximum atomic E-state index is 13.6. The molecule has 0 amide bonds. The summed E-state index contributed by atoms with van der Waals surface area (Å²) >= 11 is 0. The molecule has 0 N–H and O–H groups in total. The monoisotopic (exact) mass is 408 g/mol. The fraction of sp³-hybridized carbons (Fsp3) is 0.417. The number of hydrogen-bond acceptors (Lipinski definition) is 4. The molecule has 0 spiro atoms. The number of benzene rings is 1. The highest BCUT2D eigenvalue weighted by Crippen LogP contribution is 2.26. The maximum Gasteiger partial charge on any atom is 0.123 e. The van der Waals surface area contributed by atoms with Crippen molar-refractivity contribution in [1.82, 2.24) is 19.7 Å². The molecule has 5 nitrogen and oxygen atoms in total. The van der Waals surface area contributed by atoms with Crippen LogP contribution in [0.1, 0.15) is 48.6 Å². The van der Waals surface area contributed by atoms with Crippen molar-refractivity contribution in [2.75, 3.05) is 19.7 Å². The second-order valence-electron chi connectivity index (χ2n) is 8.24. The summed E-state index contributed by atoms with van der Waals surface area (Å²) in [5.74, 6) is -0.257. The van der Waals surface area contributed by atoms with Gasteiger partial charge >= 0.3 is 0 Å². The predicted octanol–water partition coefficient (Wildman–Crippen LogP) is 4.86. The molecule has 0 bridgehead atoms. The van der Waals surface area contributed by atoms with Gasteiger partial charge in [-0.25, -0.2) is 4.39 Å². The Bertz CT molecular complexity index is 1030. The highest BCUT2D eigenvalue weighted by molar-refractivity contribution is 5.59. The zero-order valence-corrected chi connectivity index (χ0v) is 18.1. The van der Waals surface area contributed by atoms with Crippen molar-refractivity contribution in [1.29, 1.82) is 0 Å². The van der Waals surface area contributed by atoms with Crippen LogP contribution in [0, 0.1) is 19.7 Å². The summed E-state index contributed by atoms with van der Waals surface area (Å²) in [7, 11) is 0. The van der Waals surface area contributed by atoms with Gasteiger partial charge in [0, 0.05) is 42.5 Å². The van der Waals surface area contributed by atoms with E-state index in [0.717, 1.165) is 42.3 Å². The Balaban J connectivity index is 1.52. The molecule has 1 saturated heterocycles. The quantitative estimate of drug-likeness (QED) is 0.605. The van der Waals surface area contributed by atoms with Crippen LogP contribution in [-0.4, -0.2) is 39.4 Å². The average molecular weight is 409 g/mol. The van der Waals surface area contributed by atoms with Crippen LogP contribution in [0.3, 0.4) is 0 Å². The zero-order chi connectivity index (χ0) is 21.3. The lowest BCUT2D eigenvalue weighted by molar-refractivity contribution is -0.0350. The second-order valence-corrected chi connectivity index (χ2v) is 8.24. The molecule has 2 aromatic heterocycles. The van der Waals surface area contributed by atoms with Gasteiger partial charge in [-0.3, -0.25) is 14.6 Å². The van der Waals surface area contributed by atoms with E-state index in [-0.39, 0.29) is 11.9 Å². The molecule has 158 valence electrons. The minimum atomic E-state index is -0.257. The molecule has 1 aromatic carbocycles. The van der Waals surface area contributed by atoms with Gasteiger partial charge in [0.15, 0.2) is 0 Å². The Labute approximate surface area is 177 Å². The summed E-state index contributed by atoms with van der Waals surface area (Å²) in [5, 5.41) is 4.72. The lowest BCUT2D eigenvalue weighted by Crippen LogP contribution is -2.38. The number of ether oxygens (including phenoxy) is 1. The first-order chi connectivity index (χ1) is 14.4. The molecule has 3 heterocycles. The minimum absolute atomic E-state index is 0.104. The van der Waals surface area contributed by atoms with Gasteiger partial charge in [-0.05, 0) is 52.0 Å². The summed E-state index contributed by atoms with van der Waals surface area (Å²) in [4.78, 5) is 7.19. The molecule has 0 saturated carbocycles. The van der Waals surface area contributed by atoms with Gasteiger partial charge in [-0.2, -0.15) is 5.10 Å². The number of morpholine rings is 1. The Morgan fingerprint density at radius 2 is 1.97 bits per heavy atom. The Morgan fingerprint density at radius 1 is 1.17 bits per heavy atom. The van der Waals surface area contributed by atoms with Crippen LogP contribution in [0.15, 0.2) is 42.5 Å². The van der Waals surface area contributed by atoms with Crippen molar-refractivity contribution in [2.24, 2.45) is 0 Å². The van der Waals surface area contributed by atoms with Gasteiger partial charge in [0.2, 0.25) is 0 Å². The molecule has 1 atom stereocenters. The van der Waals surface area contributed by atoms with Crippen LogP contribution in [-0.2, 0) is 11.3 Å². The van der Waals surface area contributed by atoms with E-state index in [4.69, 9.17) is 14.8 Å². The van der Waals surface area contributed by atoms with Crippen LogP contribution < -0.4 is 0 Å². The van der Waals surface area contributed by atoms with Crippen molar-refractivity contribution in [3.05, 3.63) is 70.9 Å². The second kappa shape index (κ2) is 8.66. The first kappa shape index (κ1) is 20.7. The van der Waals surface area contributed by atoms with Gasteiger partial charge in [0.05, 0.1) is 23.7 Å². The third-order valence-corrected chi connectivity index (χ3v) is 5.72. The minimum Gasteiger partial charge on any atom is -0.369 e. The number of aryl methyl sites for hydroxylation is 1. The maximum absolute atomic E-state index is 13.6. The van der Waals surface area contributed by atoms with E-state index in [1.165, 1.54) is 23.4 Å². The molecule has 0 radical (unpaired) electrons. The van der Waals surface area contributed by atoms with Crippen molar-refractivity contribution < 1.29 is 9.13 Å². The number of aromatic nitrogens is 3. The Hall–Kier alpha value is -2.57. The Morgan fingerprint density at radius 3 is 2.70 bits per heavy atom. The lowest BCUT2D eigenvalue weighted by atomic mass is 10.1. The number of nitrogens with zero attached hydrogens (tertiary/aromatic N) is 4. The molecule has 1 fully saturated rings. The van der Waals surface area contributed by atoms with E-state index in [2.05, 4.69) is 37.3 Å². The fourth-order valence-electron chi connectivity index (χ4n) is 4.12. The number of rotatable bonds is 5. The summed E-state index contributed by atoms with van der Waals surface area (Å²) in [6, 6.07) is 12.8. The highest BCUT2D eigenvalue weighted by atomic mass is 19.1. The van der Waals surface area contributed by atoms with Gasteiger partial charge in [0.1, 0.15) is 11.9 Å². The number of halogens is 1. The number of pyridine rings is 1. The van der Waals surface area contributed by atoms with E-state index < -0.39 is 0 Å². The van der Waals surface area contributed by atoms with Gasteiger partial charge < -0.3 is 4.74 Å². The van der Waals surface area contributed by atoms with E-state index in [9.17, 15) is 4.39 Å². The first-order valence-corrected chi connectivity index (χ1v) is 10.5. The largest absolute Gasteiger partial charge is 0.369 e. The van der Waals surface area contributed by atoms with Crippen molar-refractivity contribution in [3.63, 3.8) is 0 Å². The zero-order valence-electron chi connectivity index (χ0n) is 18.1. The first-order valence-electron chi connectivity index (χ1n) is 10.5. The molecular weight excluding hydrogens is 379 g/mol. The topological polar surface area (TPSA) is 43.2 Å². The Kier molecular flexibility index (Phi) is 5.97.